The van der Waals surface area contributed by atoms with E-state index in [9.17, 15) is 9.59 Å². The van der Waals surface area contributed by atoms with Crippen LogP contribution in [-0.2, 0) is 5.41 Å². The molecule has 1 aromatic heterocycles. The van der Waals surface area contributed by atoms with Gasteiger partial charge in [0.25, 0.3) is 11.8 Å². The van der Waals surface area contributed by atoms with Gasteiger partial charge in [0.15, 0.2) is 0 Å². The van der Waals surface area contributed by atoms with E-state index in [0.717, 1.165) is 19.3 Å². The largest absolute Gasteiger partial charge is 0.271 e. The lowest BCUT2D eigenvalue weighted by Gasteiger charge is -2.64. The summed E-state index contributed by atoms with van der Waals surface area (Å²) in [7, 11) is 0. The van der Waals surface area contributed by atoms with E-state index in [-0.39, 0.29) is 28.7 Å². The molecular formula is C25H26N2O2. The number of nitrogens with zero attached hydrogens (tertiary/aromatic N) is 2. The average molecular weight is 386 g/mol. The average Bonchev–Trinajstić information content (AvgIpc) is 2.98. The van der Waals surface area contributed by atoms with E-state index in [0.29, 0.717) is 23.0 Å². The van der Waals surface area contributed by atoms with Crippen molar-refractivity contribution in [1.82, 2.24) is 9.88 Å². The Balaban J connectivity index is 1.40. The van der Waals surface area contributed by atoms with Crippen molar-refractivity contribution in [2.45, 2.75) is 56.9 Å². The molecule has 0 N–H and O–H groups in total. The fourth-order valence-electron chi connectivity index (χ4n) is 7.70. The molecular weight excluding hydrogens is 360 g/mol. The Bertz CT molecular complexity index is 965. The molecule has 4 saturated carbocycles. The van der Waals surface area contributed by atoms with Crippen LogP contribution in [0.3, 0.4) is 0 Å². The summed E-state index contributed by atoms with van der Waals surface area (Å²) in [5, 5.41) is 0. The van der Waals surface area contributed by atoms with Gasteiger partial charge in [-0.05, 0) is 97.9 Å². The van der Waals surface area contributed by atoms with Crippen LogP contribution in [0.5, 0.6) is 0 Å². The van der Waals surface area contributed by atoms with Crippen LogP contribution < -0.4 is 0 Å². The Hall–Kier alpha value is -2.49. The van der Waals surface area contributed by atoms with E-state index in [1.54, 1.807) is 17.0 Å². The Kier molecular flexibility index (Phi) is 3.46. The molecule has 4 nitrogen and oxygen atoms in total. The van der Waals surface area contributed by atoms with Crippen molar-refractivity contribution < 1.29 is 9.59 Å². The Morgan fingerprint density at radius 1 is 0.931 bits per heavy atom. The number of fused-ring (bicyclic) bond motifs is 1. The summed E-state index contributed by atoms with van der Waals surface area (Å²) in [6, 6.07) is 11.6. The Morgan fingerprint density at radius 2 is 1.52 bits per heavy atom. The Labute approximate surface area is 171 Å². The number of benzene rings is 1. The van der Waals surface area contributed by atoms with E-state index in [4.69, 9.17) is 0 Å². The third-order valence-electron chi connectivity index (χ3n) is 8.50. The molecule has 2 heterocycles. The molecule has 5 aliphatic rings. The molecule has 148 valence electrons. The zero-order chi connectivity index (χ0) is 19.8. The smallest absolute Gasteiger partial charge is 0.261 e. The lowest BCUT2D eigenvalue weighted by atomic mass is 9.41. The number of carbonyl (C=O) groups is 2. The van der Waals surface area contributed by atoms with E-state index >= 15 is 0 Å². The van der Waals surface area contributed by atoms with Crippen molar-refractivity contribution in [2.24, 2.45) is 17.3 Å². The molecule has 4 fully saturated rings. The minimum atomic E-state index is -0.105. The number of amides is 2. The van der Waals surface area contributed by atoms with Crippen molar-refractivity contribution in [2.75, 3.05) is 0 Å². The SMILES string of the molecule is CC(N1C(=O)c2ccccc2C1=O)C12CC3CC(CC(c4ccncc4)(C3)C1)C2. The van der Waals surface area contributed by atoms with Gasteiger partial charge in [-0.2, -0.15) is 0 Å². The lowest BCUT2D eigenvalue weighted by Crippen LogP contribution is -2.61. The summed E-state index contributed by atoms with van der Waals surface area (Å²) in [6.07, 6.45) is 11.0. The third-order valence-corrected chi connectivity index (χ3v) is 8.50. The molecule has 3 atom stereocenters. The van der Waals surface area contributed by atoms with Gasteiger partial charge >= 0.3 is 0 Å². The summed E-state index contributed by atoms with van der Waals surface area (Å²) >= 11 is 0. The molecule has 0 radical (unpaired) electrons. The van der Waals surface area contributed by atoms with E-state index in [1.165, 1.54) is 24.8 Å². The topological polar surface area (TPSA) is 50.3 Å². The first kappa shape index (κ1) is 17.4. The number of pyridine rings is 1. The second kappa shape index (κ2) is 5.78. The maximum Gasteiger partial charge on any atom is 0.261 e. The molecule has 3 unspecified atom stereocenters. The van der Waals surface area contributed by atoms with Crippen molar-refractivity contribution in [3.63, 3.8) is 0 Å². The maximum atomic E-state index is 13.2. The van der Waals surface area contributed by atoms with Gasteiger partial charge in [-0.25, -0.2) is 0 Å². The molecule has 29 heavy (non-hydrogen) atoms. The molecule has 1 aliphatic heterocycles. The zero-order valence-electron chi connectivity index (χ0n) is 16.8. The number of hydrogen-bond acceptors (Lipinski definition) is 3. The number of carbonyl (C=O) groups excluding carboxylic acids is 2. The van der Waals surface area contributed by atoms with Crippen LogP contribution in [0, 0.1) is 17.3 Å². The maximum absolute atomic E-state index is 13.2. The van der Waals surface area contributed by atoms with Crippen LogP contribution in [0.2, 0.25) is 0 Å². The number of imide groups is 1. The number of rotatable bonds is 3. The molecule has 4 aliphatic carbocycles. The molecule has 2 aromatic rings. The van der Waals surface area contributed by atoms with Crippen molar-refractivity contribution in [3.05, 3.63) is 65.5 Å². The summed E-state index contributed by atoms with van der Waals surface area (Å²) < 4.78 is 0. The highest BCUT2D eigenvalue weighted by Gasteiger charge is 2.61. The van der Waals surface area contributed by atoms with Crippen LogP contribution in [0.15, 0.2) is 48.8 Å². The first-order chi connectivity index (χ1) is 14.0. The van der Waals surface area contributed by atoms with Crippen LogP contribution in [0.4, 0.5) is 0 Å². The fraction of sp³-hybridized carbons (Fsp3) is 0.480. The summed E-state index contributed by atoms with van der Waals surface area (Å²) in [5.41, 5.74) is 2.75. The first-order valence-corrected chi connectivity index (χ1v) is 10.9. The van der Waals surface area contributed by atoms with Gasteiger partial charge in [-0.3, -0.25) is 19.5 Å². The lowest BCUT2D eigenvalue weighted by molar-refractivity contribution is -0.100. The number of hydrogen-bond donors (Lipinski definition) is 0. The van der Waals surface area contributed by atoms with E-state index in [2.05, 4.69) is 24.0 Å². The minimum Gasteiger partial charge on any atom is -0.271 e. The van der Waals surface area contributed by atoms with Crippen LogP contribution >= 0.6 is 0 Å². The number of aromatic nitrogens is 1. The minimum absolute atomic E-state index is 0.0285. The standard InChI is InChI=1S/C25H26N2O2/c1-16(27-22(28)20-4-2-3-5-21(20)23(27)29)24-11-17-10-18(12-24)14-25(13-17,15-24)19-6-8-26-9-7-19/h2-9,16-18H,10-15H2,1H3. The molecule has 0 saturated heterocycles. The van der Waals surface area contributed by atoms with Gasteiger partial charge in [0.05, 0.1) is 11.1 Å². The van der Waals surface area contributed by atoms with Crippen molar-refractivity contribution in [3.8, 4) is 0 Å². The van der Waals surface area contributed by atoms with Gasteiger partial charge in [0.1, 0.15) is 0 Å². The summed E-state index contributed by atoms with van der Waals surface area (Å²) in [4.78, 5) is 32.2. The van der Waals surface area contributed by atoms with Crippen LogP contribution in [0.25, 0.3) is 0 Å². The molecule has 4 bridgehead atoms. The highest BCUT2D eigenvalue weighted by atomic mass is 16.2. The fourth-order valence-corrected chi connectivity index (χ4v) is 7.70. The van der Waals surface area contributed by atoms with Gasteiger partial charge in [-0.15, -0.1) is 0 Å². The van der Waals surface area contributed by atoms with Crippen LogP contribution in [0.1, 0.15) is 71.7 Å². The predicted octanol–water partition coefficient (Wildman–Crippen LogP) is 4.60. The zero-order valence-corrected chi connectivity index (χ0v) is 16.8. The molecule has 4 heteroatoms. The normalized spacial score (nSPS) is 35.8. The molecule has 0 spiro atoms. The van der Waals surface area contributed by atoms with Crippen molar-refractivity contribution >= 4 is 11.8 Å². The second-order valence-electron chi connectivity index (χ2n) is 10.0. The third kappa shape index (κ3) is 2.29. The predicted molar refractivity (Wildman–Crippen MR) is 109 cm³/mol. The summed E-state index contributed by atoms with van der Waals surface area (Å²) in [6.45, 7) is 2.13. The van der Waals surface area contributed by atoms with Gasteiger partial charge in [0, 0.05) is 18.4 Å². The molecule has 2 amide bonds. The van der Waals surface area contributed by atoms with Gasteiger partial charge in [0.2, 0.25) is 0 Å². The summed E-state index contributed by atoms with van der Waals surface area (Å²) in [5.74, 6) is 1.18. The van der Waals surface area contributed by atoms with Crippen LogP contribution in [-0.4, -0.2) is 27.7 Å². The highest BCUT2D eigenvalue weighted by Crippen LogP contribution is 2.67. The molecule has 7 rings (SSSR count). The highest BCUT2D eigenvalue weighted by molar-refractivity contribution is 6.21. The monoisotopic (exact) mass is 386 g/mol. The molecule has 1 aromatic carbocycles. The first-order valence-electron chi connectivity index (χ1n) is 10.9. The van der Waals surface area contributed by atoms with E-state index < -0.39 is 0 Å². The Morgan fingerprint density at radius 3 is 2.10 bits per heavy atom. The van der Waals surface area contributed by atoms with Crippen molar-refractivity contribution in [1.29, 1.82) is 0 Å². The van der Waals surface area contributed by atoms with Gasteiger partial charge in [-0.1, -0.05) is 12.1 Å². The van der Waals surface area contributed by atoms with Gasteiger partial charge < -0.3 is 0 Å². The second-order valence-corrected chi connectivity index (χ2v) is 10.0. The van der Waals surface area contributed by atoms with E-state index in [1.807, 2.05) is 24.5 Å². The quantitative estimate of drug-likeness (QED) is 0.724.